The summed E-state index contributed by atoms with van der Waals surface area (Å²) >= 11 is 0. The van der Waals surface area contributed by atoms with Crippen LogP contribution < -0.4 is 5.32 Å². The van der Waals surface area contributed by atoms with Crippen LogP contribution in [0.2, 0.25) is 0 Å². The summed E-state index contributed by atoms with van der Waals surface area (Å²) in [6, 6.07) is 0.227. The number of nitrogens with zero attached hydrogens (tertiary/aromatic N) is 1. The van der Waals surface area contributed by atoms with Crippen molar-refractivity contribution in [1.29, 1.82) is 0 Å². The maximum Gasteiger partial charge on any atom is 0.307 e. The average molecular weight is 258 g/mol. The first-order valence-corrected chi connectivity index (χ1v) is 6.82. The van der Waals surface area contributed by atoms with Gasteiger partial charge in [-0.25, -0.2) is 0 Å². The molecule has 0 aromatic rings. The lowest BCUT2D eigenvalue weighted by Crippen LogP contribution is -2.51. The number of likely N-dealkylation sites (tertiary alicyclic amines) is 1. The zero-order valence-corrected chi connectivity index (χ0v) is 11.4. The number of hydrogen-bond donors (Lipinski definition) is 3. The number of aliphatic carboxylic acids is 1. The van der Waals surface area contributed by atoms with E-state index in [1.165, 1.54) is 0 Å². The van der Waals surface area contributed by atoms with Gasteiger partial charge >= 0.3 is 5.97 Å². The van der Waals surface area contributed by atoms with Gasteiger partial charge in [-0.15, -0.1) is 0 Å². The van der Waals surface area contributed by atoms with E-state index in [0.29, 0.717) is 25.4 Å². The maximum atomic E-state index is 11.1. The summed E-state index contributed by atoms with van der Waals surface area (Å²) in [6.07, 6.45) is 1.80. The van der Waals surface area contributed by atoms with Crippen LogP contribution in [0.3, 0.4) is 0 Å². The number of carbonyl (C=O) groups is 1. The number of aliphatic hydroxyl groups excluding tert-OH is 1. The smallest absolute Gasteiger partial charge is 0.307 e. The normalized spacial score (nSPS) is 25.6. The highest BCUT2D eigenvalue weighted by Crippen LogP contribution is 2.17. The Morgan fingerprint density at radius 1 is 1.44 bits per heavy atom. The molecule has 0 aromatic carbocycles. The number of rotatable bonds is 7. The van der Waals surface area contributed by atoms with Gasteiger partial charge in [-0.3, -0.25) is 9.69 Å². The molecular formula is C13H26N2O3. The number of piperidine rings is 1. The highest BCUT2D eigenvalue weighted by Gasteiger charge is 2.30. The van der Waals surface area contributed by atoms with Crippen molar-refractivity contribution in [2.45, 2.75) is 32.7 Å². The molecule has 1 saturated heterocycles. The van der Waals surface area contributed by atoms with E-state index in [4.69, 9.17) is 10.2 Å². The van der Waals surface area contributed by atoms with Gasteiger partial charge in [0, 0.05) is 25.7 Å². The van der Waals surface area contributed by atoms with E-state index in [2.05, 4.69) is 19.2 Å². The zero-order valence-electron chi connectivity index (χ0n) is 11.4. The minimum Gasteiger partial charge on any atom is -0.481 e. The van der Waals surface area contributed by atoms with E-state index in [9.17, 15) is 4.79 Å². The fraction of sp³-hybridized carbons (Fsp3) is 0.923. The largest absolute Gasteiger partial charge is 0.481 e. The maximum absolute atomic E-state index is 11.1. The molecule has 0 aliphatic carbocycles. The second kappa shape index (κ2) is 7.71. The van der Waals surface area contributed by atoms with Crippen LogP contribution >= 0.6 is 0 Å². The molecule has 0 amide bonds. The molecule has 2 atom stereocenters. The molecule has 1 rings (SSSR count). The first-order chi connectivity index (χ1) is 8.52. The van der Waals surface area contributed by atoms with Crippen molar-refractivity contribution in [3.63, 3.8) is 0 Å². The molecule has 5 nitrogen and oxygen atoms in total. The molecule has 1 heterocycles. The van der Waals surface area contributed by atoms with E-state index >= 15 is 0 Å². The summed E-state index contributed by atoms with van der Waals surface area (Å²) in [7, 11) is 0. The molecule has 18 heavy (non-hydrogen) atoms. The fourth-order valence-electron chi connectivity index (χ4n) is 2.42. The molecule has 1 aliphatic heterocycles. The predicted octanol–water partition coefficient (Wildman–Crippen LogP) is 0.390. The summed E-state index contributed by atoms with van der Waals surface area (Å²) in [5, 5.41) is 21.5. The molecule has 0 saturated carbocycles. The van der Waals surface area contributed by atoms with E-state index in [1.54, 1.807) is 0 Å². The highest BCUT2D eigenvalue weighted by atomic mass is 16.4. The van der Waals surface area contributed by atoms with Crippen LogP contribution in [0, 0.1) is 11.8 Å². The summed E-state index contributed by atoms with van der Waals surface area (Å²) in [5.74, 6) is -0.389. The average Bonchev–Trinajstić information content (AvgIpc) is 2.28. The Bertz CT molecular complexity index is 259. The number of carboxylic acids is 1. The lowest BCUT2D eigenvalue weighted by Gasteiger charge is -2.36. The lowest BCUT2D eigenvalue weighted by molar-refractivity contribution is -0.144. The van der Waals surface area contributed by atoms with Crippen molar-refractivity contribution in [2.75, 3.05) is 32.8 Å². The van der Waals surface area contributed by atoms with E-state index < -0.39 is 5.97 Å². The molecule has 0 radical (unpaired) electrons. The van der Waals surface area contributed by atoms with E-state index in [1.807, 2.05) is 4.90 Å². The SMILES string of the molecule is CC(C)CCNC1CC(C(=O)O)CN(CCO)C1. The Labute approximate surface area is 109 Å². The van der Waals surface area contributed by atoms with Crippen molar-refractivity contribution in [3.8, 4) is 0 Å². The third kappa shape index (κ3) is 5.33. The molecule has 1 aliphatic rings. The number of hydrogen-bond acceptors (Lipinski definition) is 4. The second-order valence-electron chi connectivity index (χ2n) is 5.59. The molecule has 3 N–H and O–H groups in total. The molecule has 0 bridgehead atoms. The highest BCUT2D eigenvalue weighted by molar-refractivity contribution is 5.70. The van der Waals surface area contributed by atoms with Gasteiger partial charge in [0.25, 0.3) is 0 Å². The molecule has 106 valence electrons. The topological polar surface area (TPSA) is 72.8 Å². The minimum absolute atomic E-state index is 0.0883. The second-order valence-corrected chi connectivity index (χ2v) is 5.59. The monoisotopic (exact) mass is 258 g/mol. The minimum atomic E-state index is -0.728. The quantitative estimate of drug-likeness (QED) is 0.616. The number of nitrogens with one attached hydrogen (secondary N) is 1. The van der Waals surface area contributed by atoms with Gasteiger partial charge in [-0.1, -0.05) is 13.8 Å². The lowest BCUT2D eigenvalue weighted by atomic mass is 9.94. The van der Waals surface area contributed by atoms with Crippen LogP contribution in [-0.2, 0) is 4.79 Å². The number of carboxylic acid groups (broad SMARTS) is 1. The summed E-state index contributed by atoms with van der Waals surface area (Å²) in [5.41, 5.74) is 0. The predicted molar refractivity (Wildman–Crippen MR) is 70.5 cm³/mol. The van der Waals surface area contributed by atoms with E-state index in [-0.39, 0.29) is 18.6 Å². The molecule has 2 unspecified atom stereocenters. The van der Waals surface area contributed by atoms with Crippen LogP contribution in [0.5, 0.6) is 0 Å². The van der Waals surface area contributed by atoms with Crippen LogP contribution in [0.25, 0.3) is 0 Å². The standard InChI is InChI=1S/C13H26N2O3/c1-10(2)3-4-14-12-7-11(13(17)18)8-15(9-12)5-6-16/h10-12,14,16H,3-9H2,1-2H3,(H,17,18). The van der Waals surface area contributed by atoms with Crippen molar-refractivity contribution in [1.82, 2.24) is 10.2 Å². The first-order valence-electron chi connectivity index (χ1n) is 6.82. The van der Waals surface area contributed by atoms with Gasteiger partial charge in [0.05, 0.1) is 12.5 Å². The fourth-order valence-corrected chi connectivity index (χ4v) is 2.42. The van der Waals surface area contributed by atoms with Crippen molar-refractivity contribution < 1.29 is 15.0 Å². The first kappa shape index (κ1) is 15.4. The Morgan fingerprint density at radius 3 is 2.72 bits per heavy atom. The van der Waals surface area contributed by atoms with Crippen LogP contribution in [-0.4, -0.2) is 59.9 Å². The molecular weight excluding hydrogens is 232 g/mol. The Hall–Kier alpha value is -0.650. The molecule has 1 fully saturated rings. The van der Waals surface area contributed by atoms with Gasteiger partial charge < -0.3 is 15.5 Å². The zero-order chi connectivity index (χ0) is 13.5. The van der Waals surface area contributed by atoms with Crippen molar-refractivity contribution in [2.24, 2.45) is 11.8 Å². The number of aliphatic hydroxyl groups is 1. The van der Waals surface area contributed by atoms with Crippen molar-refractivity contribution in [3.05, 3.63) is 0 Å². The van der Waals surface area contributed by atoms with Gasteiger partial charge in [-0.05, 0) is 25.3 Å². The Kier molecular flexibility index (Phi) is 6.60. The van der Waals surface area contributed by atoms with Gasteiger partial charge in [-0.2, -0.15) is 0 Å². The summed E-state index contributed by atoms with van der Waals surface area (Å²) < 4.78 is 0. The van der Waals surface area contributed by atoms with Gasteiger partial charge in [0.15, 0.2) is 0 Å². The molecule has 5 heteroatoms. The third-order valence-electron chi connectivity index (χ3n) is 3.45. The van der Waals surface area contributed by atoms with Crippen LogP contribution in [0.1, 0.15) is 26.7 Å². The van der Waals surface area contributed by atoms with Gasteiger partial charge in [0.2, 0.25) is 0 Å². The molecule has 0 spiro atoms. The van der Waals surface area contributed by atoms with Crippen LogP contribution in [0.4, 0.5) is 0 Å². The summed E-state index contributed by atoms with van der Waals surface area (Å²) in [6.45, 7) is 7.33. The third-order valence-corrected chi connectivity index (χ3v) is 3.45. The molecule has 0 aromatic heterocycles. The van der Waals surface area contributed by atoms with Gasteiger partial charge in [0.1, 0.15) is 0 Å². The number of β-amino-alcohol motifs (C(OH)–C–C–N with tert-alkyl or cyclic N) is 1. The van der Waals surface area contributed by atoms with Crippen molar-refractivity contribution >= 4 is 5.97 Å². The summed E-state index contributed by atoms with van der Waals surface area (Å²) in [4.78, 5) is 13.2. The van der Waals surface area contributed by atoms with Crippen LogP contribution in [0.15, 0.2) is 0 Å². The Morgan fingerprint density at radius 2 is 2.17 bits per heavy atom. The Balaban J connectivity index is 2.42. The van der Waals surface area contributed by atoms with E-state index in [0.717, 1.165) is 19.5 Å².